The first-order valence-electron chi connectivity index (χ1n) is 9.39. The monoisotopic (exact) mass is 399 g/mol. The fourth-order valence-corrected chi connectivity index (χ4v) is 2.84. The van der Waals surface area contributed by atoms with Crippen LogP contribution in [0, 0.1) is 0 Å². The van der Waals surface area contributed by atoms with E-state index in [0.29, 0.717) is 29.4 Å². The number of benzene rings is 2. The maximum Gasteiger partial charge on any atom is 0.204 e. The molecule has 0 saturated carbocycles. The van der Waals surface area contributed by atoms with Gasteiger partial charge in [-0.3, -0.25) is 4.79 Å². The first-order chi connectivity index (χ1) is 14.0. The van der Waals surface area contributed by atoms with Crippen LogP contribution < -0.4 is 18.9 Å². The van der Waals surface area contributed by atoms with Crippen LogP contribution in [0.2, 0.25) is 0 Å². The van der Waals surface area contributed by atoms with Gasteiger partial charge in [0, 0.05) is 6.54 Å². The van der Waals surface area contributed by atoms with Gasteiger partial charge in [-0.2, -0.15) is 0 Å². The Morgan fingerprint density at radius 2 is 1.76 bits per heavy atom. The average Bonchev–Trinajstić information content (AvgIpc) is 2.73. The van der Waals surface area contributed by atoms with Crippen molar-refractivity contribution >= 4 is 11.9 Å². The molecule has 0 N–H and O–H groups in total. The Balaban J connectivity index is 2.12. The number of ketones is 1. The molecule has 0 radical (unpaired) electrons. The zero-order valence-electron chi connectivity index (χ0n) is 17.7. The lowest BCUT2D eigenvalue weighted by Crippen LogP contribution is -2.15. The van der Waals surface area contributed by atoms with Crippen molar-refractivity contribution in [2.24, 2.45) is 0 Å². The zero-order chi connectivity index (χ0) is 21.2. The summed E-state index contributed by atoms with van der Waals surface area (Å²) in [5, 5.41) is 0. The molecule has 0 fully saturated rings. The Kier molecular flexibility index (Phi) is 8.55. The molecule has 6 heteroatoms. The van der Waals surface area contributed by atoms with Crippen molar-refractivity contribution in [3.8, 4) is 23.0 Å². The molecule has 0 saturated heterocycles. The lowest BCUT2D eigenvalue weighted by Gasteiger charge is -2.14. The van der Waals surface area contributed by atoms with Crippen LogP contribution >= 0.6 is 0 Å². The maximum atomic E-state index is 12.7. The number of carbonyl (C=O) groups excluding carboxylic acids is 1. The molecule has 0 heterocycles. The summed E-state index contributed by atoms with van der Waals surface area (Å²) in [5.41, 5.74) is 1.28. The maximum absolute atomic E-state index is 12.7. The lowest BCUT2D eigenvalue weighted by molar-refractivity contribution is 0.104. The Hall–Kier alpha value is -2.99. The number of allylic oxidation sites excluding steroid dienone is 1. The summed E-state index contributed by atoms with van der Waals surface area (Å²) >= 11 is 0. The highest BCUT2D eigenvalue weighted by Gasteiger charge is 2.19. The van der Waals surface area contributed by atoms with Gasteiger partial charge >= 0.3 is 0 Å². The fraction of sp³-hybridized carbons (Fsp3) is 0.348. The van der Waals surface area contributed by atoms with Gasteiger partial charge in [-0.1, -0.05) is 18.2 Å². The van der Waals surface area contributed by atoms with Gasteiger partial charge in [-0.25, -0.2) is 0 Å². The van der Waals surface area contributed by atoms with Crippen LogP contribution in [0.4, 0.5) is 0 Å². The Bertz CT molecular complexity index is 845. The molecule has 0 aliphatic rings. The number of hydrogen-bond donors (Lipinski definition) is 0. The van der Waals surface area contributed by atoms with Crippen molar-refractivity contribution in [2.75, 3.05) is 48.6 Å². The van der Waals surface area contributed by atoms with Gasteiger partial charge in [0.2, 0.25) is 5.75 Å². The van der Waals surface area contributed by atoms with Crippen LogP contribution in [-0.4, -0.2) is 59.3 Å². The van der Waals surface area contributed by atoms with E-state index in [1.807, 2.05) is 38.4 Å². The number of nitrogens with zero attached hydrogens (tertiary/aromatic N) is 1. The van der Waals surface area contributed by atoms with Crippen LogP contribution in [0.25, 0.3) is 6.08 Å². The normalized spacial score (nSPS) is 11.0. The Morgan fingerprint density at radius 1 is 1.00 bits per heavy atom. The molecule has 2 aromatic carbocycles. The van der Waals surface area contributed by atoms with Crippen molar-refractivity contribution < 1.29 is 23.7 Å². The second kappa shape index (κ2) is 11.1. The highest BCUT2D eigenvalue weighted by atomic mass is 16.5. The van der Waals surface area contributed by atoms with E-state index in [-0.39, 0.29) is 5.78 Å². The van der Waals surface area contributed by atoms with E-state index in [1.165, 1.54) is 27.4 Å². The minimum atomic E-state index is -0.194. The molecule has 0 spiro atoms. The van der Waals surface area contributed by atoms with E-state index >= 15 is 0 Å². The van der Waals surface area contributed by atoms with Gasteiger partial charge in [0.25, 0.3) is 0 Å². The molecule has 0 atom stereocenters. The molecule has 0 bridgehead atoms. The van der Waals surface area contributed by atoms with Gasteiger partial charge in [0.15, 0.2) is 17.3 Å². The van der Waals surface area contributed by atoms with E-state index in [0.717, 1.165) is 24.3 Å². The largest absolute Gasteiger partial charge is 0.494 e. The summed E-state index contributed by atoms with van der Waals surface area (Å²) in [4.78, 5) is 14.8. The molecule has 6 nitrogen and oxygen atoms in total. The van der Waals surface area contributed by atoms with Crippen LogP contribution in [0.5, 0.6) is 23.0 Å². The highest BCUT2D eigenvalue weighted by Crippen LogP contribution is 2.40. The molecular weight excluding hydrogens is 370 g/mol. The van der Waals surface area contributed by atoms with E-state index in [4.69, 9.17) is 18.9 Å². The van der Waals surface area contributed by atoms with Crippen LogP contribution in [0.1, 0.15) is 22.3 Å². The summed E-state index contributed by atoms with van der Waals surface area (Å²) in [7, 11) is 8.61. The third kappa shape index (κ3) is 6.26. The molecule has 2 rings (SSSR count). The second-order valence-corrected chi connectivity index (χ2v) is 6.66. The average molecular weight is 399 g/mol. The molecule has 156 valence electrons. The summed E-state index contributed by atoms with van der Waals surface area (Å²) in [5.74, 6) is 1.83. The second-order valence-electron chi connectivity index (χ2n) is 6.66. The predicted molar refractivity (Wildman–Crippen MR) is 115 cm³/mol. The number of methoxy groups -OCH3 is 3. The van der Waals surface area contributed by atoms with Crippen LogP contribution in [0.15, 0.2) is 42.5 Å². The quantitative estimate of drug-likeness (QED) is 0.324. The van der Waals surface area contributed by atoms with Gasteiger partial charge in [0.1, 0.15) is 5.75 Å². The zero-order valence-corrected chi connectivity index (χ0v) is 17.7. The molecule has 29 heavy (non-hydrogen) atoms. The lowest BCUT2D eigenvalue weighted by atomic mass is 10.1. The standard InChI is InChI=1S/C23H29NO5/c1-24(2)14-7-15-29-18-9-6-8-17(16-18)10-12-20(25)19-11-13-21(26-3)23(28-5)22(19)27-4/h6,8-13,16H,7,14-15H2,1-5H3. The van der Waals surface area contributed by atoms with Gasteiger partial charge in [-0.15, -0.1) is 0 Å². The minimum absolute atomic E-state index is 0.194. The summed E-state index contributed by atoms with van der Waals surface area (Å²) < 4.78 is 21.8. The number of ether oxygens (including phenoxy) is 4. The van der Waals surface area contributed by atoms with Gasteiger partial charge in [-0.05, 0) is 56.4 Å². The van der Waals surface area contributed by atoms with Crippen LogP contribution in [-0.2, 0) is 0 Å². The first kappa shape index (κ1) is 22.3. The Morgan fingerprint density at radius 3 is 2.41 bits per heavy atom. The highest BCUT2D eigenvalue weighted by molar-refractivity contribution is 6.09. The summed E-state index contributed by atoms with van der Waals surface area (Å²) in [6.45, 7) is 1.62. The van der Waals surface area contributed by atoms with Crippen molar-refractivity contribution in [3.05, 3.63) is 53.6 Å². The summed E-state index contributed by atoms with van der Waals surface area (Å²) in [6.07, 6.45) is 4.21. The SMILES string of the molecule is COc1ccc(C(=O)C=Cc2cccc(OCCCN(C)C)c2)c(OC)c1OC. The van der Waals surface area contributed by atoms with Gasteiger partial charge < -0.3 is 23.8 Å². The topological polar surface area (TPSA) is 57.2 Å². The first-order valence-corrected chi connectivity index (χ1v) is 9.39. The molecule has 0 aliphatic heterocycles. The van der Waals surface area contributed by atoms with Crippen molar-refractivity contribution in [1.82, 2.24) is 4.90 Å². The third-order valence-electron chi connectivity index (χ3n) is 4.27. The number of hydrogen-bond acceptors (Lipinski definition) is 6. The molecule has 0 aliphatic carbocycles. The predicted octanol–water partition coefficient (Wildman–Crippen LogP) is 3.94. The fourth-order valence-electron chi connectivity index (χ4n) is 2.84. The van der Waals surface area contributed by atoms with E-state index in [9.17, 15) is 4.79 Å². The minimum Gasteiger partial charge on any atom is -0.494 e. The third-order valence-corrected chi connectivity index (χ3v) is 4.27. The molecule has 0 amide bonds. The van der Waals surface area contributed by atoms with E-state index in [2.05, 4.69) is 4.90 Å². The molecule has 0 aromatic heterocycles. The molecule has 0 unspecified atom stereocenters. The van der Waals surface area contributed by atoms with Crippen LogP contribution in [0.3, 0.4) is 0 Å². The van der Waals surface area contributed by atoms with E-state index < -0.39 is 0 Å². The van der Waals surface area contributed by atoms with E-state index in [1.54, 1.807) is 18.2 Å². The van der Waals surface area contributed by atoms with Crippen molar-refractivity contribution in [1.29, 1.82) is 0 Å². The Labute approximate surface area is 172 Å². The summed E-state index contributed by atoms with van der Waals surface area (Å²) in [6, 6.07) is 11.0. The van der Waals surface area contributed by atoms with Crippen molar-refractivity contribution in [3.63, 3.8) is 0 Å². The molecule has 2 aromatic rings. The number of rotatable bonds is 11. The number of carbonyl (C=O) groups is 1. The molecular formula is C23H29NO5. The van der Waals surface area contributed by atoms with Crippen molar-refractivity contribution in [2.45, 2.75) is 6.42 Å². The smallest absolute Gasteiger partial charge is 0.204 e. The van der Waals surface area contributed by atoms with Gasteiger partial charge in [0.05, 0.1) is 33.5 Å².